The highest BCUT2D eigenvalue weighted by Gasteiger charge is 2.06. The number of nitrogens with zero attached hydrogens (tertiary/aromatic N) is 1. The maximum atomic E-state index is 4.35. The fourth-order valence-corrected chi connectivity index (χ4v) is 2.42. The van der Waals surface area contributed by atoms with E-state index in [0.717, 1.165) is 16.6 Å². The Balaban J connectivity index is 1.97. The third kappa shape index (κ3) is 2.50. The first kappa shape index (κ1) is 12.7. The Morgan fingerprint density at radius 2 is 1.80 bits per heavy atom. The van der Waals surface area contributed by atoms with Gasteiger partial charge in [-0.1, -0.05) is 38.1 Å². The number of para-hydroxylation sites is 1. The van der Waals surface area contributed by atoms with Crippen molar-refractivity contribution in [2.75, 3.05) is 5.32 Å². The van der Waals surface area contributed by atoms with E-state index in [1.54, 1.807) is 0 Å². The van der Waals surface area contributed by atoms with Gasteiger partial charge in [-0.25, -0.2) is 0 Å². The molecule has 0 aliphatic heterocycles. The molecule has 0 spiro atoms. The summed E-state index contributed by atoms with van der Waals surface area (Å²) >= 11 is 0. The third-order valence-corrected chi connectivity index (χ3v) is 3.46. The lowest BCUT2D eigenvalue weighted by Crippen LogP contribution is -1.97. The van der Waals surface area contributed by atoms with Crippen molar-refractivity contribution in [2.24, 2.45) is 0 Å². The number of benzene rings is 2. The van der Waals surface area contributed by atoms with E-state index in [1.807, 2.05) is 12.3 Å². The summed E-state index contributed by atoms with van der Waals surface area (Å²) in [5.74, 6) is 0.501. The molecule has 3 aromatic rings. The number of nitrogens with one attached hydrogen (secondary N) is 1. The molecule has 3 rings (SSSR count). The second kappa shape index (κ2) is 5.33. The van der Waals surface area contributed by atoms with Crippen LogP contribution in [-0.2, 0) is 0 Å². The van der Waals surface area contributed by atoms with E-state index in [0.29, 0.717) is 5.92 Å². The maximum Gasteiger partial charge on any atom is 0.0703 e. The number of aromatic nitrogens is 1. The lowest BCUT2D eigenvalue weighted by atomic mass is 10.0. The van der Waals surface area contributed by atoms with Crippen LogP contribution in [0.3, 0.4) is 0 Å². The fraction of sp³-hybridized carbons (Fsp3) is 0.167. The second-order valence-electron chi connectivity index (χ2n) is 5.28. The van der Waals surface area contributed by atoms with E-state index < -0.39 is 0 Å². The van der Waals surface area contributed by atoms with E-state index in [-0.39, 0.29) is 0 Å². The molecule has 0 aliphatic carbocycles. The topological polar surface area (TPSA) is 24.9 Å². The molecule has 0 unspecified atom stereocenters. The van der Waals surface area contributed by atoms with Crippen molar-refractivity contribution in [3.8, 4) is 0 Å². The van der Waals surface area contributed by atoms with Gasteiger partial charge < -0.3 is 5.32 Å². The van der Waals surface area contributed by atoms with Gasteiger partial charge in [0.25, 0.3) is 0 Å². The fourth-order valence-electron chi connectivity index (χ4n) is 2.42. The Morgan fingerprint density at radius 3 is 2.65 bits per heavy atom. The van der Waals surface area contributed by atoms with E-state index in [4.69, 9.17) is 0 Å². The van der Waals surface area contributed by atoms with Gasteiger partial charge in [0.05, 0.1) is 5.52 Å². The van der Waals surface area contributed by atoms with Gasteiger partial charge >= 0.3 is 0 Å². The molecule has 0 radical (unpaired) electrons. The van der Waals surface area contributed by atoms with E-state index >= 15 is 0 Å². The van der Waals surface area contributed by atoms with E-state index in [1.165, 1.54) is 11.3 Å². The SMILES string of the molecule is CC(C)c1ccccc1Nc1ccc2ncccc2c1. The number of anilines is 2. The molecule has 2 heteroatoms. The van der Waals surface area contributed by atoms with Gasteiger partial charge in [0, 0.05) is 23.0 Å². The Labute approximate surface area is 119 Å². The highest BCUT2D eigenvalue weighted by molar-refractivity contribution is 5.83. The highest BCUT2D eigenvalue weighted by atomic mass is 14.9. The number of pyridine rings is 1. The van der Waals surface area contributed by atoms with Gasteiger partial charge in [0.2, 0.25) is 0 Å². The summed E-state index contributed by atoms with van der Waals surface area (Å²) in [5, 5.41) is 4.67. The molecular weight excluding hydrogens is 244 g/mol. The van der Waals surface area contributed by atoms with Crippen LogP contribution >= 0.6 is 0 Å². The minimum Gasteiger partial charge on any atom is -0.355 e. The molecule has 0 atom stereocenters. The van der Waals surface area contributed by atoms with E-state index in [2.05, 4.69) is 72.7 Å². The zero-order chi connectivity index (χ0) is 13.9. The van der Waals surface area contributed by atoms with Crippen LogP contribution in [0, 0.1) is 0 Å². The van der Waals surface area contributed by atoms with Gasteiger partial charge in [-0.2, -0.15) is 0 Å². The minimum absolute atomic E-state index is 0.501. The molecular formula is C18H18N2. The number of rotatable bonds is 3. The maximum absolute atomic E-state index is 4.35. The van der Waals surface area contributed by atoms with Crippen LogP contribution in [0.15, 0.2) is 60.8 Å². The summed E-state index contributed by atoms with van der Waals surface area (Å²) in [4.78, 5) is 4.35. The summed E-state index contributed by atoms with van der Waals surface area (Å²) in [6, 6.07) is 18.8. The zero-order valence-electron chi connectivity index (χ0n) is 11.8. The molecule has 1 N–H and O–H groups in total. The standard InChI is InChI=1S/C18H18N2/c1-13(2)16-7-3-4-8-18(16)20-15-9-10-17-14(12-15)6-5-11-19-17/h3-13,20H,1-2H3. The van der Waals surface area contributed by atoms with Crippen LogP contribution in [-0.4, -0.2) is 4.98 Å². The van der Waals surface area contributed by atoms with E-state index in [9.17, 15) is 0 Å². The summed E-state index contributed by atoms with van der Waals surface area (Å²) in [6.07, 6.45) is 1.82. The lowest BCUT2D eigenvalue weighted by molar-refractivity contribution is 0.869. The predicted molar refractivity (Wildman–Crippen MR) is 85.6 cm³/mol. The first-order chi connectivity index (χ1) is 9.74. The zero-order valence-corrected chi connectivity index (χ0v) is 11.8. The molecule has 2 aromatic carbocycles. The summed E-state index contributed by atoms with van der Waals surface area (Å²) in [6.45, 7) is 4.43. The number of hydrogen-bond acceptors (Lipinski definition) is 2. The lowest BCUT2D eigenvalue weighted by Gasteiger charge is -2.14. The summed E-state index contributed by atoms with van der Waals surface area (Å²) in [5.41, 5.74) is 4.62. The molecule has 0 bridgehead atoms. The van der Waals surface area contributed by atoms with Gasteiger partial charge in [-0.3, -0.25) is 4.98 Å². The average Bonchev–Trinajstić information content (AvgIpc) is 2.47. The van der Waals surface area contributed by atoms with Crippen LogP contribution < -0.4 is 5.32 Å². The van der Waals surface area contributed by atoms with Crippen molar-refractivity contribution in [1.82, 2.24) is 4.98 Å². The molecule has 1 aromatic heterocycles. The summed E-state index contributed by atoms with van der Waals surface area (Å²) in [7, 11) is 0. The number of fused-ring (bicyclic) bond motifs is 1. The Bertz CT molecular complexity index is 732. The summed E-state index contributed by atoms with van der Waals surface area (Å²) < 4.78 is 0. The Morgan fingerprint density at radius 1 is 0.950 bits per heavy atom. The average molecular weight is 262 g/mol. The number of hydrogen-bond donors (Lipinski definition) is 1. The second-order valence-corrected chi connectivity index (χ2v) is 5.28. The van der Waals surface area contributed by atoms with Crippen LogP contribution in [0.2, 0.25) is 0 Å². The Kier molecular flexibility index (Phi) is 3.38. The van der Waals surface area contributed by atoms with Gasteiger partial charge in [-0.15, -0.1) is 0 Å². The molecule has 100 valence electrons. The van der Waals surface area contributed by atoms with Gasteiger partial charge in [-0.05, 0) is 41.8 Å². The smallest absolute Gasteiger partial charge is 0.0703 e. The minimum atomic E-state index is 0.501. The van der Waals surface area contributed by atoms with Gasteiger partial charge in [0.1, 0.15) is 0 Å². The molecule has 1 heterocycles. The van der Waals surface area contributed by atoms with Crippen molar-refractivity contribution in [2.45, 2.75) is 19.8 Å². The molecule has 0 aliphatic rings. The molecule has 20 heavy (non-hydrogen) atoms. The molecule has 0 saturated heterocycles. The first-order valence-electron chi connectivity index (χ1n) is 6.95. The largest absolute Gasteiger partial charge is 0.355 e. The molecule has 0 fully saturated rings. The van der Waals surface area contributed by atoms with Crippen LogP contribution in [0.1, 0.15) is 25.3 Å². The third-order valence-electron chi connectivity index (χ3n) is 3.46. The van der Waals surface area contributed by atoms with Crippen molar-refractivity contribution in [3.63, 3.8) is 0 Å². The van der Waals surface area contributed by atoms with Crippen molar-refractivity contribution >= 4 is 22.3 Å². The quantitative estimate of drug-likeness (QED) is 0.710. The van der Waals surface area contributed by atoms with Crippen molar-refractivity contribution < 1.29 is 0 Å². The highest BCUT2D eigenvalue weighted by Crippen LogP contribution is 2.28. The van der Waals surface area contributed by atoms with Crippen LogP contribution in [0.4, 0.5) is 11.4 Å². The molecule has 0 amide bonds. The van der Waals surface area contributed by atoms with Gasteiger partial charge in [0.15, 0.2) is 0 Å². The van der Waals surface area contributed by atoms with Crippen LogP contribution in [0.25, 0.3) is 10.9 Å². The molecule has 2 nitrogen and oxygen atoms in total. The normalized spacial score (nSPS) is 10.9. The molecule has 0 saturated carbocycles. The van der Waals surface area contributed by atoms with Crippen molar-refractivity contribution in [1.29, 1.82) is 0 Å². The van der Waals surface area contributed by atoms with Crippen LogP contribution in [0.5, 0.6) is 0 Å². The Hall–Kier alpha value is -2.35. The monoisotopic (exact) mass is 262 g/mol. The first-order valence-corrected chi connectivity index (χ1v) is 6.95. The van der Waals surface area contributed by atoms with Crippen molar-refractivity contribution in [3.05, 3.63) is 66.4 Å². The predicted octanol–water partition coefficient (Wildman–Crippen LogP) is 5.10.